The third-order valence-corrected chi connectivity index (χ3v) is 10.2. The number of sulfonamides is 1. The lowest BCUT2D eigenvalue weighted by Gasteiger charge is -2.40. The van der Waals surface area contributed by atoms with Crippen LogP contribution in [0.25, 0.3) is 11.1 Å². The zero-order valence-electron chi connectivity index (χ0n) is 26.4. The highest BCUT2D eigenvalue weighted by Gasteiger charge is 2.46. The maximum atomic E-state index is 14.0. The van der Waals surface area contributed by atoms with E-state index < -0.39 is 44.8 Å². The molecule has 5 rings (SSSR count). The SMILES string of the molecule is CNS(=O)(=O)c1ccc(-c2cccc(CC(O)(C(=O)Nc3ccc(C#N)c(C(F)(F)F)c3)C3CCN(C(=O)c4ccccc4)CC3)c2)cc1. The van der Waals surface area contributed by atoms with Gasteiger partial charge in [0.05, 0.1) is 22.1 Å². The van der Waals surface area contributed by atoms with Gasteiger partial charge in [-0.15, -0.1) is 0 Å². The number of nitrogens with zero attached hydrogens (tertiary/aromatic N) is 2. The molecule has 9 nitrogen and oxygen atoms in total. The van der Waals surface area contributed by atoms with Gasteiger partial charge in [-0.3, -0.25) is 9.59 Å². The van der Waals surface area contributed by atoms with Gasteiger partial charge < -0.3 is 15.3 Å². The number of piperidine rings is 1. The summed E-state index contributed by atoms with van der Waals surface area (Å²) >= 11 is 0. The van der Waals surface area contributed by atoms with Crippen LogP contribution in [0.15, 0.2) is 102 Å². The van der Waals surface area contributed by atoms with E-state index in [1.807, 2.05) is 0 Å². The topological polar surface area (TPSA) is 140 Å². The Morgan fingerprint density at radius 2 is 1.59 bits per heavy atom. The van der Waals surface area contributed by atoms with Crippen LogP contribution in [-0.2, 0) is 27.4 Å². The van der Waals surface area contributed by atoms with Crippen molar-refractivity contribution in [2.75, 3.05) is 25.5 Å². The summed E-state index contributed by atoms with van der Waals surface area (Å²) in [5.41, 5.74) is -1.78. The molecule has 0 spiro atoms. The Balaban J connectivity index is 1.44. The second-order valence-corrected chi connectivity index (χ2v) is 13.7. The Kier molecular flexibility index (Phi) is 10.2. The Morgan fingerprint density at radius 3 is 2.20 bits per heavy atom. The van der Waals surface area contributed by atoms with Crippen molar-refractivity contribution >= 4 is 27.5 Å². The van der Waals surface area contributed by atoms with Gasteiger partial charge in [-0.25, -0.2) is 13.1 Å². The third-order valence-electron chi connectivity index (χ3n) is 8.74. The molecule has 1 fully saturated rings. The van der Waals surface area contributed by atoms with Crippen LogP contribution >= 0.6 is 0 Å². The fourth-order valence-electron chi connectivity index (χ4n) is 6.04. The molecule has 1 unspecified atom stereocenters. The minimum absolute atomic E-state index is 0.0783. The zero-order valence-corrected chi connectivity index (χ0v) is 27.2. The van der Waals surface area contributed by atoms with E-state index in [1.54, 1.807) is 71.6 Å². The van der Waals surface area contributed by atoms with E-state index in [0.29, 0.717) is 28.3 Å². The zero-order chi connectivity index (χ0) is 35.4. The molecule has 13 heteroatoms. The highest BCUT2D eigenvalue weighted by molar-refractivity contribution is 7.89. The van der Waals surface area contributed by atoms with Gasteiger partial charge in [-0.2, -0.15) is 18.4 Å². The maximum absolute atomic E-state index is 14.0. The minimum atomic E-state index is -4.85. The van der Waals surface area contributed by atoms with Gasteiger partial charge in [-0.05, 0) is 79.0 Å². The minimum Gasteiger partial charge on any atom is -0.379 e. The van der Waals surface area contributed by atoms with E-state index >= 15 is 0 Å². The number of amides is 2. The molecule has 2 amide bonds. The molecule has 254 valence electrons. The Labute approximate surface area is 282 Å². The van der Waals surface area contributed by atoms with Crippen LogP contribution in [0, 0.1) is 17.2 Å². The lowest BCUT2D eigenvalue weighted by molar-refractivity contribution is -0.142. The summed E-state index contributed by atoms with van der Waals surface area (Å²) in [6.45, 7) is 0.482. The molecule has 0 aliphatic carbocycles. The highest BCUT2D eigenvalue weighted by atomic mass is 32.2. The molecular weight excluding hydrogens is 657 g/mol. The number of alkyl halides is 3. The van der Waals surface area contributed by atoms with Gasteiger partial charge in [0, 0.05) is 36.7 Å². The third kappa shape index (κ3) is 7.83. The number of hydrogen-bond donors (Lipinski definition) is 3. The molecule has 49 heavy (non-hydrogen) atoms. The second kappa shape index (κ2) is 14.2. The largest absolute Gasteiger partial charge is 0.417 e. The van der Waals surface area contributed by atoms with Gasteiger partial charge in [-0.1, -0.05) is 54.6 Å². The lowest BCUT2D eigenvalue weighted by Crippen LogP contribution is -2.54. The number of aliphatic hydroxyl groups is 1. The standard InChI is InChI=1S/C36H33F3N4O5S/c1-41-49(47,48)31-14-11-25(12-15-31)27-9-5-6-24(20-27)22-35(46,29-16-18-43(19-17-29)33(44)26-7-3-2-4-8-26)34(45)42-30-13-10-28(23-40)32(21-30)36(37,38)39/h2-15,20-21,29,41,46H,16-19,22H2,1H3,(H,42,45). The number of nitrogens with one attached hydrogen (secondary N) is 2. The van der Waals surface area contributed by atoms with Crippen LogP contribution in [0.1, 0.15) is 39.9 Å². The molecule has 0 aromatic heterocycles. The first-order valence-corrected chi connectivity index (χ1v) is 16.9. The van der Waals surface area contributed by atoms with Gasteiger partial charge in [0.25, 0.3) is 11.8 Å². The van der Waals surface area contributed by atoms with Crippen molar-refractivity contribution in [3.8, 4) is 17.2 Å². The Hall–Kier alpha value is -5.03. The molecule has 1 aliphatic rings. The Morgan fingerprint density at radius 1 is 0.918 bits per heavy atom. The molecule has 0 bridgehead atoms. The monoisotopic (exact) mass is 690 g/mol. The number of anilines is 1. The van der Waals surface area contributed by atoms with Gasteiger partial charge in [0.15, 0.2) is 0 Å². The van der Waals surface area contributed by atoms with Gasteiger partial charge >= 0.3 is 6.18 Å². The smallest absolute Gasteiger partial charge is 0.379 e. The van der Waals surface area contributed by atoms with Crippen molar-refractivity contribution in [3.63, 3.8) is 0 Å². The first kappa shape index (κ1) is 35.3. The highest BCUT2D eigenvalue weighted by Crippen LogP contribution is 2.36. The first-order valence-electron chi connectivity index (χ1n) is 15.4. The van der Waals surface area contributed by atoms with Crippen molar-refractivity contribution in [2.45, 2.75) is 35.9 Å². The summed E-state index contributed by atoms with van der Waals surface area (Å²) in [7, 11) is -2.34. The number of likely N-dealkylation sites (tertiary alicyclic amines) is 1. The van der Waals surface area contributed by atoms with Gasteiger partial charge in [0.1, 0.15) is 5.60 Å². The van der Waals surface area contributed by atoms with Crippen LogP contribution in [0.4, 0.5) is 18.9 Å². The van der Waals surface area contributed by atoms with E-state index in [2.05, 4.69) is 10.0 Å². The summed E-state index contributed by atoms with van der Waals surface area (Å²) in [5, 5.41) is 23.9. The van der Waals surface area contributed by atoms with Crippen molar-refractivity contribution in [1.82, 2.24) is 9.62 Å². The summed E-state index contributed by atoms with van der Waals surface area (Å²) in [6.07, 6.45) is -4.58. The summed E-state index contributed by atoms with van der Waals surface area (Å²) in [4.78, 5) is 28.8. The summed E-state index contributed by atoms with van der Waals surface area (Å²) in [6, 6.07) is 26.1. The number of benzene rings is 4. The van der Waals surface area contributed by atoms with Gasteiger partial charge in [0.2, 0.25) is 10.0 Å². The molecule has 1 heterocycles. The molecule has 1 atom stereocenters. The van der Waals surface area contributed by atoms with Crippen molar-refractivity contribution < 1.29 is 36.3 Å². The summed E-state index contributed by atoms with van der Waals surface area (Å²) in [5.74, 6) is -1.79. The maximum Gasteiger partial charge on any atom is 0.417 e. The first-order chi connectivity index (χ1) is 23.2. The number of carbonyl (C=O) groups excluding carboxylic acids is 2. The van der Waals surface area contributed by atoms with Crippen LogP contribution in [-0.4, -0.2) is 56.0 Å². The number of nitriles is 1. The van der Waals surface area contributed by atoms with Crippen LogP contribution in [0.3, 0.4) is 0 Å². The fourth-order valence-corrected chi connectivity index (χ4v) is 6.77. The van der Waals surface area contributed by atoms with E-state index in [9.17, 15) is 41.5 Å². The molecule has 4 aromatic carbocycles. The quantitative estimate of drug-likeness (QED) is 0.209. The molecule has 4 aromatic rings. The van der Waals surface area contributed by atoms with Crippen LogP contribution in [0.5, 0.6) is 0 Å². The van der Waals surface area contributed by atoms with E-state index in [-0.39, 0.29) is 48.8 Å². The molecule has 0 saturated carbocycles. The van der Waals surface area contributed by atoms with E-state index in [4.69, 9.17) is 0 Å². The molecule has 0 radical (unpaired) electrons. The molecule has 3 N–H and O–H groups in total. The van der Waals surface area contributed by atoms with E-state index in [0.717, 1.165) is 6.07 Å². The fraction of sp³-hybridized carbons (Fsp3) is 0.250. The second-order valence-electron chi connectivity index (χ2n) is 11.8. The summed E-state index contributed by atoms with van der Waals surface area (Å²) < 4.78 is 67.7. The average Bonchev–Trinajstić information content (AvgIpc) is 3.11. The predicted molar refractivity (Wildman–Crippen MR) is 177 cm³/mol. The van der Waals surface area contributed by atoms with Crippen molar-refractivity contribution in [3.05, 3.63) is 119 Å². The number of carbonyl (C=O) groups is 2. The lowest BCUT2D eigenvalue weighted by atomic mass is 9.75. The van der Waals surface area contributed by atoms with Crippen LogP contribution < -0.4 is 10.0 Å². The van der Waals surface area contributed by atoms with Crippen molar-refractivity contribution in [2.24, 2.45) is 5.92 Å². The number of halogens is 3. The number of rotatable bonds is 9. The Bertz CT molecular complexity index is 1990. The van der Waals surface area contributed by atoms with Crippen LogP contribution in [0.2, 0.25) is 0 Å². The molecular formula is C36H33F3N4O5S. The predicted octanol–water partition coefficient (Wildman–Crippen LogP) is 5.62. The van der Waals surface area contributed by atoms with E-state index in [1.165, 1.54) is 31.3 Å². The normalized spacial score (nSPS) is 15.2. The number of hydrogen-bond acceptors (Lipinski definition) is 6. The molecule has 1 aliphatic heterocycles. The van der Waals surface area contributed by atoms with Crippen molar-refractivity contribution in [1.29, 1.82) is 5.26 Å². The molecule has 1 saturated heterocycles. The average molecular weight is 691 g/mol.